The molecule has 62 valence electrons. The van der Waals surface area contributed by atoms with Gasteiger partial charge in [0.25, 0.3) is 0 Å². The van der Waals surface area contributed by atoms with Crippen molar-refractivity contribution in [1.82, 2.24) is 0 Å². The quantitative estimate of drug-likeness (QED) is 0.521. The molecule has 0 bridgehead atoms. The van der Waals surface area contributed by atoms with E-state index in [1.165, 1.54) is 0 Å². The minimum absolute atomic E-state index is 0.818. The summed E-state index contributed by atoms with van der Waals surface area (Å²) in [4.78, 5) is 0. The van der Waals surface area contributed by atoms with Crippen molar-refractivity contribution >= 4 is 11.8 Å². The second-order valence-electron chi connectivity index (χ2n) is 2.51. The summed E-state index contributed by atoms with van der Waals surface area (Å²) < 4.78 is 0. The smallest absolute Gasteiger partial charge is 0.0387 e. The molecule has 1 nitrogen and oxygen atoms in total. The predicted molar refractivity (Wildman–Crippen MR) is 54.7 cm³/mol. The number of benzene rings is 1. The minimum Gasteiger partial charge on any atom is -0.398 e. The van der Waals surface area contributed by atoms with Gasteiger partial charge in [0.2, 0.25) is 0 Å². The van der Waals surface area contributed by atoms with Crippen LogP contribution in [0, 0.1) is 0 Å². The van der Waals surface area contributed by atoms with Crippen LogP contribution in [-0.4, -0.2) is 0 Å². The summed E-state index contributed by atoms with van der Waals surface area (Å²) in [5, 5.41) is 0. The van der Waals surface area contributed by atoms with Crippen molar-refractivity contribution in [2.24, 2.45) is 0 Å². The highest BCUT2D eigenvalue weighted by molar-refractivity contribution is 5.64. The predicted octanol–water partition coefficient (Wildman–Crippen LogP) is 2.86. The summed E-state index contributed by atoms with van der Waals surface area (Å²) in [5.41, 5.74) is 7.61. The standard InChI is InChI=1S/C11H13N/c1-2-3-4-7-10-8-5-6-9-11(10)12/h2-9H,12H2,1H3/b3-2-,7-4+. The van der Waals surface area contributed by atoms with Gasteiger partial charge in [0.05, 0.1) is 0 Å². The molecule has 0 atom stereocenters. The van der Waals surface area contributed by atoms with Gasteiger partial charge in [-0.2, -0.15) is 0 Å². The molecule has 0 aliphatic heterocycles. The Bertz CT molecular complexity index is 298. The Morgan fingerprint density at radius 3 is 2.58 bits per heavy atom. The SMILES string of the molecule is C/C=C\C=C\c1ccccc1N. The number of hydrogen-bond donors (Lipinski definition) is 1. The Labute approximate surface area is 73.2 Å². The zero-order valence-electron chi connectivity index (χ0n) is 7.20. The van der Waals surface area contributed by atoms with E-state index in [1.54, 1.807) is 0 Å². The molecule has 1 heteroatoms. The van der Waals surface area contributed by atoms with Crippen molar-refractivity contribution in [3.05, 3.63) is 48.1 Å². The van der Waals surface area contributed by atoms with E-state index in [4.69, 9.17) is 5.73 Å². The van der Waals surface area contributed by atoms with Crippen LogP contribution in [0.1, 0.15) is 12.5 Å². The van der Waals surface area contributed by atoms with Gasteiger partial charge >= 0.3 is 0 Å². The van der Waals surface area contributed by atoms with Crippen LogP contribution in [0.3, 0.4) is 0 Å². The third kappa shape index (κ3) is 2.27. The van der Waals surface area contributed by atoms with Gasteiger partial charge in [0.1, 0.15) is 0 Å². The maximum Gasteiger partial charge on any atom is 0.0387 e. The summed E-state index contributed by atoms with van der Waals surface area (Å²) >= 11 is 0. The Kier molecular flexibility index (Phi) is 3.15. The lowest BCUT2D eigenvalue weighted by atomic mass is 10.1. The van der Waals surface area contributed by atoms with E-state index in [0.717, 1.165) is 11.3 Å². The molecule has 0 saturated carbocycles. The highest BCUT2D eigenvalue weighted by atomic mass is 14.5. The van der Waals surface area contributed by atoms with Crippen LogP contribution in [-0.2, 0) is 0 Å². The molecule has 0 amide bonds. The molecule has 0 aliphatic rings. The fourth-order valence-corrected chi connectivity index (χ4v) is 0.933. The zero-order chi connectivity index (χ0) is 8.81. The minimum atomic E-state index is 0.818. The van der Waals surface area contributed by atoms with Crippen molar-refractivity contribution in [3.63, 3.8) is 0 Å². The largest absolute Gasteiger partial charge is 0.398 e. The Morgan fingerprint density at radius 1 is 1.17 bits per heavy atom. The third-order valence-corrected chi connectivity index (χ3v) is 1.58. The molecular formula is C11H13N. The monoisotopic (exact) mass is 159 g/mol. The first-order valence-corrected chi connectivity index (χ1v) is 3.98. The van der Waals surface area contributed by atoms with Crippen molar-refractivity contribution < 1.29 is 0 Å². The fourth-order valence-electron chi connectivity index (χ4n) is 0.933. The Morgan fingerprint density at radius 2 is 1.92 bits per heavy atom. The average Bonchev–Trinajstić information content (AvgIpc) is 2.09. The van der Waals surface area contributed by atoms with Crippen LogP contribution in [0.15, 0.2) is 42.5 Å². The molecule has 0 unspecified atom stereocenters. The van der Waals surface area contributed by atoms with Crippen LogP contribution < -0.4 is 5.73 Å². The van der Waals surface area contributed by atoms with E-state index in [-0.39, 0.29) is 0 Å². The van der Waals surface area contributed by atoms with E-state index in [9.17, 15) is 0 Å². The molecule has 0 saturated heterocycles. The molecule has 0 radical (unpaired) electrons. The summed E-state index contributed by atoms with van der Waals surface area (Å²) in [6.07, 6.45) is 7.93. The topological polar surface area (TPSA) is 26.0 Å². The number of nitrogen functional groups attached to an aromatic ring is 1. The second kappa shape index (κ2) is 4.39. The number of hydrogen-bond acceptors (Lipinski definition) is 1. The lowest BCUT2D eigenvalue weighted by molar-refractivity contribution is 1.64. The van der Waals surface area contributed by atoms with Gasteiger partial charge in [0.15, 0.2) is 0 Å². The van der Waals surface area contributed by atoms with Gasteiger partial charge in [-0.1, -0.05) is 42.5 Å². The van der Waals surface area contributed by atoms with Gasteiger partial charge < -0.3 is 5.73 Å². The van der Waals surface area contributed by atoms with Crippen LogP contribution in [0.2, 0.25) is 0 Å². The third-order valence-electron chi connectivity index (χ3n) is 1.58. The van der Waals surface area contributed by atoms with Gasteiger partial charge in [-0.15, -0.1) is 0 Å². The van der Waals surface area contributed by atoms with Crippen molar-refractivity contribution in [3.8, 4) is 0 Å². The van der Waals surface area contributed by atoms with Crippen molar-refractivity contribution in [2.75, 3.05) is 5.73 Å². The summed E-state index contributed by atoms with van der Waals surface area (Å²) in [6, 6.07) is 7.80. The van der Waals surface area contributed by atoms with Crippen LogP contribution in [0.4, 0.5) is 5.69 Å². The molecular weight excluding hydrogens is 146 g/mol. The van der Waals surface area contributed by atoms with Crippen LogP contribution >= 0.6 is 0 Å². The van der Waals surface area contributed by atoms with Gasteiger partial charge in [-0.05, 0) is 18.6 Å². The van der Waals surface area contributed by atoms with E-state index in [0.29, 0.717) is 0 Å². The van der Waals surface area contributed by atoms with Crippen LogP contribution in [0.25, 0.3) is 6.08 Å². The van der Waals surface area contributed by atoms with Gasteiger partial charge in [-0.25, -0.2) is 0 Å². The first-order valence-electron chi connectivity index (χ1n) is 3.98. The van der Waals surface area contributed by atoms with E-state index in [2.05, 4.69) is 0 Å². The molecule has 1 rings (SSSR count). The Balaban J connectivity index is 2.82. The van der Waals surface area contributed by atoms with Gasteiger partial charge in [0, 0.05) is 5.69 Å². The highest BCUT2D eigenvalue weighted by Crippen LogP contribution is 2.11. The van der Waals surface area contributed by atoms with Crippen molar-refractivity contribution in [2.45, 2.75) is 6.92 Å². The van der Waals surface area contributed by atoms with E-state index in [1.807, 2.05) is 55.5 Å². The average molecular weight is 159 g/mol. The number of anilines is 1. The maximum absolute atomic E-state index is 5.73. The summed E-state index contributed by atoms with van der Waals surface area (Å²) in [5.74, 6) is 0. The van der Waals surface area contributed by atoms with Gasteiger partial charge in [-0.3, -0.25) is 0 Å². The molecule has 1 aromatic carbocycles. The molecule has 1 aromatic rings. The Hall–Kier alpha value is -1.50. The van der Waals surface area contributed by atoms with E-state index < -0.39 is 0 Å². The number of nitrogens with two attached hydrogens (primary N) is 1. The van der Waals surface area contributed by atoms with Crippen LogP contribution in [0.5, 0.6) is 0 Å². The molecule has 0 aliphatic carbocycles. The maximum atomic E-state index is 5.73. The summed E-state index contributed by atoms with van der Waals surface area (Å²) in [6.45, 7) is 1.98. The summed E-state index contributed by atoms with van der Waals surface area (Å²) in [7, 11) is 0. The lowest BCUT2D eigenvalue weighted by Crippen LogP contribution is -1.86. The molecule has 12 heavy (non-hydrogen) atoms. The number of para-hydroxylation sites is 1. The first kappa shape index (κ1) is 8.60. The number of rotatable bonds is 2. The molecule has 0 aromatic heterocycles. The zero-order valence-corrected chi connectivity index (χ0v) is 7.20. The molecule has 2 N–H and O–H groups in total. The lowest BCUT2D eigenvalue weighted by Gasteiger charge is -1.96. The molecule has 0 fully saturated rings. The first-order chi connectivity index (χ1) is 5.84. The second-order valence-corrected chi connectivity index (χ2v) is 2.51. The number of allylic oxidation sites excluding steroid dienone is 3. The molecule has 0 spiro atoms. The normalized spacial score (nSPS) is 11.4. The highest BCUT2D eigenvalue weighted by Gasteiger charge is 1.89. The fraction of sp³-hybridized carbons (Fsp3) is 0.0909. The molecule has 0 heterocycles. The van der Waals surface area contributed by atoms with Crippen molar-refractivity contribution in [1.29, 1.82) is 0 Å². The van der Waals surface area contributed by atoms with E-state index >= 15 is 0 Å².